The van der Waals surface area contributed by atoms with Crippen LogP contribution in [-0.4, -0.2) is 5.71 Å². The lowest BCUT2D eigenvalue weighted by Crippen LogP contribution is -2.02. The molecule has 134 valence electrons. The number of anilines is 2. The molecule has 4 heteroatoms. The van der Waals surface area contributed by atoms with Crippen LogP contribution in [0.25, 0.3) is 5.57 Å². The van der Waals surface area contributed by atoms with Crippen LogP contribution in [0.3, 0.4) is 0 Å². The number of nitrogens with one attached hydrogen (secondary N) is 1. The Morgan fingerprint density at radius 3 is 1.73 bits per heavy atom. The van der Waals surface area contributed by atoms with Gasteiger partial charge in [0.1, 0.15) is 0 Å². The quantitative estimate of drug-likeness (QED) is 0.637. The predicted octanol–water partition coefficient (Wildman–Crippen LogP) is 5.23. The molecule has 0 amide bonds. The van der Waals surface area contributed by atoms with Gasteiger partial charge in [0.25, 0.3) is 0 Å². The summed E-state index contributed by atoms with van der Waals surface area (Å²) in [6.07, 6.45) is 5.91. The Bertz CT molecular complexity index is 912. The van der Waals surface area contributed by atoms with Gasteiger partial charge >= 0.3 is 0 Å². The number of hydrogen-bond donors (Lipinski definition) is 3. The van der Waals surface area contributed by atoms with Crippen LogP contribution in [0.15, 0.2) is 65.8 Å². The summed E-state index contributed by atoms with van der Waals surface area (Å²) in [5, 5.41) is 7.95. The predicted molar refractivity (Wildman–Crippen MR) is 115 cm³/mol. The van der Waals surface area contributed by atoms with Crippen molar-refractivity contribution in [2.24, 2.45) is 0 Å². The molecule has 0 aliphatic heterocycles. The molecule has 0 heterocycles. The lowest BCUT2D eigenvalue weighted by atomic mass is 9.88. The molecule has 0 saturated heterocycles. The first-order chi connectivity index (χ1) is 11.9. The second-order valence-corrected chi connectivity index (χ2v) is 6.55. The summed E-state index contributed by atoms with van der Waals surface area (Å²) < 4.78 is 0. The molecule has 0 atom stereocenters. The van der Waals surface area contributed by atoms with E-state index in [1.807, 2.05) is 57.2 Å². The fourth-order valence-corrected chi connectivity index (χ4v) is 2.98. The van der Waals surface area contributed by atoms with Crippen LogP contribution < -0.4 is 11.5 Å². The zero-order valence-corrected chi connectivity index (χ0v) is 16.1. The van der Waals surface area contributed by atoms with Crippen molar-refractivity contribution in [2.45, 2.75) is 20.8 Å². The van der Waals surface area contributed by atoms with Crippen LogP contribution in [0.2, 0.25) is 0 Å². The van der Waals surface area contributed by atoms with Crippen LogP contribution in [0.4, 0.5) is 11.4 Å². The standard InChI is InChI=1S/C22H23N3.ClH/c1-13-10-16(4-7-19(13)23)22(17-5-8-20(24)14(2)11-17)18-6-9-21(25)15(3)12-18;/h4-12,23H,24-25H2,1-3H3;1H. The van der Waals surface area contributed by atoms with E-state index in [9.17, 15) is 0 Å². The van der Waals surface area contributed by atoms with E-state index in [4.69, 9.17) is 16.9 Å². The zero-order chi connectivity index (χ0) is 18.1. The number of halogens is 1. The van der Waals surface area contributed by atoms with E-state index < -0.39 is 0 Å². The maximum absolute atomic E-state index is 7.95. The molecule has 0 saturated carbocycles. The minimum absolute atomic E-state index is 0. The number of benzene rings is 2. The Morgan fingerprint density at radius 1 is 0.808 bits per heavy atom. The summed E-state index contributed by atoms with van der Waals surface area (Å²) in [6.45, 7) is 6.00. The van der Waals surface area contributed by atoms with Gasteiger partial charge in [-0.05, 0) is 96.2 Å². The van der Waals surface area contributed by atoms with Gasteiger partial charge in [-0.15, -0.1) is 12.4 Å². The molecule has 1 aliphatic rings. The van der Waals surface area contributed by atoms with Gasteiger partial charge < -0.3 is 16.9 Å². The molecule has 0 radical (unpaired) electrons. The third-order valence-corrected chi connectivity index (χ3v) is 4.63. The van der Waals surface area contributed by atoms with E-state index in [1.165, 1.54) is 0 Å². The van der Waals surface area contributed by atoms with E-state index in [0.717, 1.165) is 50.3 Å². The second-order valence-electron chi connectivity index (χ2n) is 6.55. The lowest BCUT2D eigenvalue weighted by Gasteiger charge is -2.17. The van der Waals surface area contributed by atoms with Crippen molar-refractivity contribution in [1.29, 1.82) is 5.41 Å². The number of allylic oxidation sites excluding steroid dienone is 5. The van der Waals surface area contributed by atoms with Gasteiger partial charge in [-0.25, -0.2) is 0 Å². The van der Waals surface area contributed by atoms with Gasteiger partial charge in [-0.3, -0.25) is 0 Å². The Balaban J connectivity index is 0.00000243. The van der Waals surface area contributed by atoms with Crippen LogP contribution in [-0.2, 0) is 0 Å². The largest absolute Gasteiger partial charge is 0.399 e. The SMILES string of the molecule is CC1=CC(=C(c2ccc(N)c(C)c2)c2ccc(N)c(C)c2)C=CC1=N.Cl. The molecule has 26 heavy (non-hydrogen) atoms. The molecule has 2 aromatic rings. The second kappa shape index (κ2) is 7.63. The Morgan fingerprint density at radius 2 is 1.31 bits per heavy atom. The van der Waals surface area contributed by atoms with Crippen LogP contribution in [0.1, 0.15) is 29.2 Å². The van der Waals surface area contributed by atoms with Gasteiger partial charge in [0.2, 0.25) is 0 Å². The van der Waals surface area contributed by atoms with E-state index in [1.54, 1.807) is 0 Å². The van der Waals surface area contributed by atoms with E-state index in [2.05, 4.69) is 18.2 Å². The van der Waals surface area contributed by atoms with Gasteiger partial charge in [0.05, 0.1) is 5.71 Å². The van der Waals surface area contributed by atoms with Crippen molar-refractivity contribution in [2.75, 3.05) is 11.5 Å². The first-order valence-electron chi connectivity index (χ1n) is 8.29. The lowest BCUT2D eigenvalue weighted by molar-refractivity contribution is 1.39. The molecule has 0 aromatic heterocycles. The summed E-state index contributed by atoms with van der Waals surface area (Å²) in [6, 6.07) is 12.2. The minimum Gasteiger partial charge on any atom is -0.399 e. The van der Waals surface area contributed by atoms with Crippen LogP contribution >= 0.6 is 12.4 Å². The van der Waals surface area contributed by atoms with E-state index >= 15 is 0 Å². The maximum atomic E-state index is 7.95. The summed E-state index contributed by atoms with van der Waals surface area (Å²) in [7, 11) is 0. The van der Waals surface area contributed by atoms with Crippen molar-refractivity contribution in [3.63, 3.8) is 0 Å². The Hall–Kier alpha value is -2.78. The molecule has 0 bridgehead atoms. The first kappa shape index (κ1) is 19.5. The van der Waals surface area contributed by atoms with Gasteiger partial charge in [-0.1, -0.05) is 18.2 Å². The normalized spacial score (nSPS) is 13.3. The zero-order valence-electron chi connectivity index (χ0n) is 15.3. The molecule has 3 nitrogen and oxygen atoms in total. The molecule has 0 spiro atoms. The highest BCUT2D eigenvalue weighted by Gasteiger charge is 2.14. The highest BCUT2D eigenvalue weighted by atomic mass is 35.5. The minimum atomic E-state index is 0. The fourth-order valence-electron chi connectivity index (χ4n) is 2.98. The van der Waals surface area contributed by atoms with E-state index in [-0.39, 0.29) is 12.4 Å². The molecule has 5 N–H and O–H groups in total. The number of rotatable bonds is 2. The highest BCUT2D eigenvalue weighted by molar-refractivity contribution is 6.08. The molecule has 2 aromatic carbocycles. The molecule has 0 fully saturated rings. The van der Waals surface area contributed by atoms with Crippen molar-refractivity contribution >= 4 is 35.1 Å². The smallest absolute Gasteiger partial charge is 0.0569 e. The van der Waals surface area contributed by atoms with Gasteiger partial charge in [0.15, 0.2) is 0 Å². The summed E-state index contributed by atoms with van der Waals surface area (Å²) in [5.74, 6) is 0. The first-order valence-corrected chi connectivity index (χ1v) is 8.29. The number of nitrogen functional groups attached to an aromatic ring is 2. The van der Waals surface area contributed by atoms with Crippen molar-refractivity contribution in [3.8, 4) is 0 Å². The number of aryl methyl sites for hydroxylation is 2. The third-order valence-electron chi connectivity index (χ3n) is 4.63. The number of hydrogen-bond acceptors (Lipinski definition) is 3. The molecular weight excluding hydrogens is 342 g/mol. The van der Waals surface area contributed by atoms with Crippen LogP contribution in [0.5, 0.6) is 0 Å². The average molecular weight is 366 g/mol. The molecular formula is C22H24ClN3. The monoisotopic (exact) mass is 365 g/mol. The van der Waals surface area contributed by atoms with Gasteiger partial charge in [-0.2, -0.15) is 0 Å². The van der Waals surface area contributed by atoms with Crippen molar-refractivity contribution < 1.29 is 0 Å². The molecule has 3 rings (SSSR count). The third kappa shape index (κ3) is 3.73. The Kier molecular flexibility index (Phi) is 5.73. The van der Waals surface area contributed by atoms with E-state index in [0.29, 0.717) is 5.71 Å². The molecule has 1 aliphatic carbocycles. The molecule has 0 unspecified atom stereocenters. The fraction of sp³-hybridized carbons (Fsp3) is 0.136. The average Bonchev–Trinajstić information content (AvgIpc) is 2.57. The summed E-state index contributed by atoms with van der Waals surface area (Å²) in [4.78, 5) is 0. The van der Waals surface area contributed by atoms with Crippen LogP contribution in [0, 0.1) is 19.3 Å². The Labute approximate surface area is 161 Å². The maximum Gasteiger partial charge on any atom is 0.0569 e. The summed E-state index contributed by atoms with van der Waals surface area (Å²) in [5.41, 5.74) is 21.6. The highest BCUT2D eigenvalue weighted by Crippen LogP contribution is 2.33. The van der Waals surface area contributed by atoms with Gasteiger partial charge in [0, 0.05) is 11.4 Å². The van der Waals surface area contributed by atoms with Crippen molar-refractivity contribution in [1.82, 2.24) is 0 Å². The topological polar surface area (TPSA) is 75.9 Å². The summed E-state index contributed by atoms with van der Waals surface area (Å²) >= 11 is 0. The number of nitrogens with two attached hydrogens (primary N) is 2. The van der Waals surface area contributed by atoms with Crippen molar-refractivity contribution in [3.05, 3.63) is 88.0 Å².